The number of unbranched alkanes of at least 4 members (excludes halogenated alkanes) is 6. The Morgan fingerprint density at radius 3 is 1.37 bits per heavy atom. The molecule has 0 fully saturated rings. The first-order valence-electron chi connectivity index (χ1n) is 11.4. The zero-order valence-electron chi connectivity index (χ0n) is 18.7. The lowest BCUT2D eigenvalue weighted by molar-refractivity contribution is -0.929. The van der Waals surface area contributed by atoms with Crippen molar-refractivity contribution in [3.63, 3.8) is 0 Å². The number of quaternary nitrogens is 1. The molecule has 0 bridgehead atoms. The smallest absolute Gasteiger partial charge is 0.303 e. The molecule has 0 aliphatic carbocycles. The molecule has 0 amide bonds. The van der Waals surface area contributed by atoms with E-state index >= 15 is 0 Å². The standard InChI is InChI=1S/C23H41NO6/c1-2-3-4-5-6-7-8-9-10-17-24(18-11-14-21(25)26,19-12-15-22(27)28)20-13-16-23(29)30/h2-3H,4-20H2,1H3,(H2-,25,26,27,28,29,30)/p+1/b3-2+. The highest BCUT2D eigenvalue weighted by Gasteiger charge is 2.27. The number of carboxylic acids is 3. The predicted molar refractivity (Wildman–Crippen MR) is 117 cm³/mol. The Morgan fingerprint density at radius 1 is 0.600 bits per heavy atom. The van der Waals surface area contributed by atoms with Gasteiger partial charge in [-0.2, -0.15) is 0 Å². The van der Waals surface area contributed by atoms with Gasteiger partial charge >= 0.3 is 17.9 Å². The Hall–Kier alpha value is -1.89. The summed E-state index contributed by atoms with van der Waals surface area (Å²) in [5, 5.41) is 27.0. The van der Waals surface area contributed by atoms with Crippen molar-refractivity contribution in [3.8, 4) is 0 Å². The molecule has 7 nitrogen and oxygen atoms in total. The highest BCUT2D eigenvalue weighted by atomic mass is 16.4. The minimum atomic E-state index is -0.831. The lowest BCUT2D eigenvalue weighted by atomic mass is 10.1. The maximum Gasteiger partial charge on any atom is 0.303 e. The molecule has 0 radical (unpaired) electrons. The van der Waals surface area contributed by atoms with Crippen molar-refractivity contribution in [2.45, 2.75) is 90.4 Å². The molecule has 0 unspecified atom stereocenters. The maximum absolute atomic E-state index is 11.0. The molecule has 3 N–H and O–H groups in total. The molecule has 0 saturated heterocycles. The molecule has 174 valence electrons. The highest BCUT2D eigenvalue weighted by molar-refractivity contribution is 5.67. The summed E-state index contributed by atoms with van der Waals surface area (Å²) in [6, 6.07) is 0. The van der Waals surface area contributed by atoms with Crippen LogP contribution in [0.4, 0.5) is 0 Å². The van der Waals surface area contributed by atoms with Crippen LogP contribution in [0.25, 0.3) is 0 Å². The Balaban J connectivity index is 4.70. The number of hydrogen-bond acceptors (Lipinski definition) is 3. The van der Waals surface area contributed by atoms with Gasteiger partial charge in [0.1, 0.15) is 0 Å². The second kappa shape index (κ2) is 17.9. The van der Waals surface area contributed by atoms with Gasteiger partial charge in [-0.15, -0.1) is 0 Å². The van der Waals surface area contributed by atoms with E-state index in [2.05, 4.69) is 12.2 Å². The first-order chi connectivity index (χ1) is 14.3. The molecule has 0 spiro atoms. The van der Waals surface area contributed by atoms with E-state index in [0.717, 1.165) is 32.2 Å². The van der Waals surface area contributed by atoms with Crippen LogP contribution in [0, 0.1) is 0 Å². The number of nitrogens with zero attached hydrogens (tertiary/aromatic N) is 1. The van der Waals surface area contributed by atoms with Crippen LogP contribution >= 0.6 is 0 Å². The molecule has 30 heavy (non-hydrogen) atoms. The average molecular weight is 429 g/mol. The van der Waals surface area contributed by atoms with E-state index < -0.39 is 17.9 Å². The molecule has 0 atom stereocenters. The maximum atomic E-state index is 11.0. The largest absolute Gasteiger partial charge is 0.481 e. The van der Waals surface area contributed by atoms with Crippen LogP contribution in [0.2, 0.25) is 0 Å². The lowest BCUT2D eigenvalue weighted by Crippen LogP contribution is -2.51. The normalized spacial score (nSPS) is 11.8. The Morgan fingerprint density at radius 2 is 0.967 bits per heavy atom. The van der Waals surface area contributed by atoms with Crippen LogP contribution in [-0.4, -0.2) is 63.9 Å². The third-order valence-corrected chi connectivity index (χ3v) is 5.56. The molecular weight excluding hydrogens is 386 g/mol. The molecule has 0 aromatic rings. The van der Waals surface area contributed by atoms with Gasteiger partial charge in [-0.05, 0) is 32.6 Å². The summed E-state index contributed by atoms with van der Waals surface area (Å²) in [6.45, 7) is 4.88. The monoisotopic (exact) mass is 428 g/mol. The number of carboxylic acid groups (broad SMARTS) is 3. The van der Waals surface area contributed by atoms with Gasteiger partial charge in [0.05, 0.1) is 45.4 Å². The van der Waals surface area contributed by atoms with Crippen molar-refractivity contribution < 1.29 is 34.2 Å². The van der Waals surface area contributed by atoms with E-state index in [1.807, 2.05) is 6.92 Å². The van der Waals surface area contributed by atoms with E-state index in [4.69, 9.17) is 15.3 Å². The van der Waals surface area contributed by atoms with Crippen LogP contribution in [0.15, 0.2) is 12.2 Å². The molecular formula is C23H42NO6+. The minimum Gasteiger partial charge on any atom is -0.481 e. The SMILES string of the molecule is C/C=C/CCCCCCCC[N+](CCCC(=O)O)(CCCC(=O)O)CCCC(=O)O. The van der Waals surface area contributed by atoms with Crippen LogP contribution in [-0.2, 0) is 14.4 Å². The van der Waals surface area contributed by atoms with Crippen molar-refractivity contribution in [2.75, 3.05) is 26.2 Å². The summed E-state index contributed by atoms with van der Waals surface area (Å²) >= 11 is 0. The van der Waals surface area contributed by atoms with Crippen LogP contribution in [0.1, 0.15) is 90.4 Å². The van der Waals surface area contributed by atoms with Gasteiger partial charge in [-0.1, -0.05) is 31.4 Å². The van der Waals surface area contributed by atoms with E-state index in [9.17, 15) is 14.4 Å². The molecule has 0 heterocycles. The Kier molecular flexibility index (Phi) is 16.8. The number of rotatable bonds is 21. The van der Waals surface area contributed by atoms with Crippen molar-refractivity contribution in [1.29, 1.82) is 0 Å². The van der Waals surface area contributed by atoms with Gasteiger partial charge in [0.2, 0.25) is 0 Å². The third-order valence-electron chi connectivity index (χ3n) is 5.56. The first-order valence-corrected chi connectivity index (χ1v) is 11.4. The van der Waals surface area contributed by atoms with E-state index in [1.165, 1.54) is 19.3 Å². The fraction of sp³-hybridized carbons (Fsp3) is 0.783. The quantitative estimate of drug-likeness (QED) is 0.139. The fourth-order valence-electron chi connectivity index (χ4n) is 3.95. The molecule has 0 aromatic carbocycles. The minimum absolute atomic E-state index is 0.0874. The van der Waals surface area contributed by atoms with Gasteiger partial charge in [0.15, 0.2) is 0 Å². The van der Waals surface area contributed by atoms with Gasteiger partial charge in [0.25, 0.3) is 0 Å². The van der Waals surface area contributed by atoms with Crippen LogP contribution < -0.4 is 0 Å². The Labute approximate surface area is 181 Å². The van der Waals surface area contributed by atoms with Crippen molar-refractivity contribution >= 4 is 17.9 Å². The summed E-state index contributed by atoms with van der Waals surface area (Å²) in [5.74, 6) is -2.49. The number of carbonyl (C=O) groups is 3. The summed E-state index contributed by atoms with van der Waals surface area (Å²) < 4.78 is 0.634. The zero-order valence-corrected chi connectivity index (χ0v) is 18.7. The first kappa shape index (κ1) is 28.1. The topological polar surface area (TPSA) is 112 Å². The number of hydrogen-bond donors (Lipinski definition) is 3. The van der Waals surface area contributed by atoms with E-state index in [-0.39, 0.29) is 19.3 Å². The zero-order chi connectivity index (χ0) is 22.7. The van der Waals surface area contributed by atoms with Gasteiger partial charge in [-0.3, -0.25) is 14.4 Å². The summed E-state index contributed by atoms with van der Waals surface area (Å²) in [6.07, 6.45) is 14.1. The second-order valence-corrected chi connectivity index (χ2v) is 8.21. The Bertz CT molecular complexity index is 468. The number of allylic oxidation sites excluding steroid dienone is 2. The van der Waals surface area contributed by atoms with Crippen LogP contribution in [0.5, 0.6) is 0 Å². The molecule has 0 aliphatic rings. The van der Waals surface area contributed by atoms with Gasteiger partial charge < -0.3 is 19.8 Å². The van der Waals surface area contributed by atoms with E-state index in [1.54, 1.807) is 0 Å². The third kappa shape index (κ3) is 17.0. The molecule has 0 aromatic heterocycles. The molecule has 7 heteroatoms. The summed E-state index contributed by atoms with van der Waals surface area (Å²) in [4.78, 5) is 32.9. The lowest BCUT2D eigenvalue weighted by Gasteiger charge is -2.39. The molecule has 0 saturated carbocycles. The van der Waals surface area contributed by atoms with E-state index in [0.29, 0.717) is 43.4 Å². The van der Waals surface area contributed by atoms with Crippen molar-refractivity contribution in [1.82, 2.24) is 0 Å². The van der Waals surface area contributed by atoms with Crippen molar-refractivity contribution in [2.24, 2.45) is 0 Å². The fourth-order valence-corrected chi connectivity index (χ4v) is 3.95. The molecule has 0 rings (SSSR count). The van der Waals surface area contributed by atoms with Crippen molar-refractivity contribution in [3.05, 3.63) is 12.2 Å². The number of aliphatic carboxylic acids is 3. The summed E-state index contributed by atoms with van der Waals surface area (Å²) in [5.41, 5.74) is 0. The van der Waals surface area contributed by atoms with Gasteiger partial charge in [0, 0.05) is 19.3 Å². The predicted octanol–water partition coefficient (Wildman–Crippen LogP) is 4.70. The average Bonchev–Trinajstić information content (AvgIpc) is 2.65. The highest BCUT2D eigenvalue weighted by Crippen LogP contribution is 2.18. The van der Waals surface area contributed by atoms with Crippen LogP contribution in [0.3, 0.4) is 0 Å². The van der Waals surface area contributed by atoms with Gasteiger partial charge in [-0.25, -0.2) is 0 Å². The molecule has 0 aliphatic heterocycles. The summed E-state index contributed by atoms with van der Waals surface area (Å²) in [7, 11) is 0. The second-order valence-electron chi connectivity index (χ2n) is 8.21.